The van der Waals surface area contributed by atoms with Crippen molar-refractivity contribution in [2.75, 3.05) is 20.2 Å². The number of rotatable bonds is 5. The Bertz CT molecular complexity index is 1210. The maximum atomic E-state index is 13.4. The van der Waals surface area contributed by atoms with Crippen LogP contribution in [0.3, 0.4) is 0 Å². The van der Waals surface area contributed by atoms with Gasteiger partial charge in [-0.3, -0.25) is 4.79 Å². The van der Waals surface area contributed by atoms with Gasteiger partial charge in [0, 0.05) is 30.7 Å². The topological polar surface area (TPSA) is 118 Å². The van der Waals surface area contributed by atoms with E-state index < -0.39 is 12.1 Å². The molecular formula is C24H21N5O4. The highest BCUT2D eigenvalue weighted by atomic mass is 16.5. The van der Waals surface area contributed by atoms with Gasteiger partial charge < -0.3 is 14.4 Å². The van der Waals surface area contributed by atoms with E-state index >= 15 is 0 Å². The van der Waals surface area contributed by atoms with Crippen LogP contribution < -0.4 is 4.74 Å². The van der Waals surface area contributed by atoms with Gasteiger partial charge in [0.2, 0.25) is 5.88 Å². The van der Waals surface area contributed by atoms with Crippen molar-refractivity contribution in [2.24, 2.45) is 0 Å². The molecule has 0 unspecified atom stereocenters. The number of likely N-dealkylation sites (tertiary alicyclic amines) is 1. The molecule has 4 rings (SSSR count). The molecule has 1 atom stereocenters. The van der Waals surface area contributed by atoms with Gasteiger partial charge in [0.15, 0.2) is 5.82 Å². The Balaban J connectivity index is 1.56. The summed E-state index contributed by atoms with van der Waals surface area (Å²) in [6.45, 7) is 0.875. The molecule has 0 aliphatic carbocycles. The first-order valence-electron chi connectivity index (χ1n) is 10.4. The van der Waals surface area contributed by atoms with Gasteiger partial charge in [0.25, 0.3) is 5.91 Å². The second-order valence-corrected chi connectivity index (χ2v) is 7.39. The maximum Gasteiger partial charge on any atom is 0.344 e. The molecule has 2 aromatic heterocycles. The fraction of sp³-hybridized carbons (Fsp3) is 0.250. The van der Waals surface area contributed by atoms with Gasteiger partial charge in [-0.25, -0.2) is 19.7 Å². The van der Waals surface area contributed by atoms with E-state index in [2.05, 4.69) is 15.0 Å². The average Bonchev–Trinajstić information content (AvgIpc) is 2.88. The smallest absolute Gasteiger partial charge is 0.344 e. The van der Waals surface area contributed by atoms with E-state index in [1.54, 1.807) is 35.5 Å². The number of esters is 1. The number of piperidine rings is 1. The lowest BCUT2D eigenvalue weighted by Crippen LogP contribution is -2.44. The van der Waals surface area contributed by atoms with Gasteiger partial charge >= 0.3 is 5.97 Å². The van der Waals surface area contributed by atoms with Crippen molar-refractivity contribution in [1.82, 2.24) is 19.9 Å². The van der Waals surface area contributed by atoms with Crippen LogP contribution in [0.25, 0.3) is 11.4 Å². The van der Waals surface area contributed by atoms with Crippen molar-refractivity contribution in [2.45, 2.75) is 18.9 Å². The number of benzene rings is 1. The van der Waals surface area contributed by atoms with E-state index in [4.69, 9.17) is 9.47 Å². The van der Waals surface area contributed by atoms with Gasteiger partial charge in [-0.15, -0.1) is 0 Å². The van der Waals surface area contributed by atoms with Gasteiger partial charge in [0.1, 0.15) is 17.7 Å². The molecule has 33 heavy (non-hydrogen) atoms. The number of carbonyl (C=O) groups excluding carboxylic acids is 2. The molecule has 9 nitrogen and oxygen atoms in total. The van der Waals surface area contributed by atoms with Crippen molar-refractivity contribution >= 4 is 11.9 Å². The lowest BCUT2D eigenvalue weighted by Gasteiger charge is -2.33. The molecule has 0 spiro atoms. The minimum absolute atomic E-state index is 0.0162. The first-order valence-corrected chi connectivity index (χ1v) is 10.4. The van der Waals surface area contributed by atoms with Crippen molar-refractivity contribution in [3.05, 3.63) is 71.7 Å². The van der Waals surface area contributed by atoms with Crippen LogP contribution in [-0.4, -0.2) is 58.0 Å². The van der Waals surface area contributed by atoms with E-state index in [1.165, 1.54) is 19.4 Å². The number of hydrogen-bond donors (Lipinski definition) is 0. The van der Waals surface area contributed by atoms with Crippen LogP contribution in [0.4, 0.5) is 0 Å². The summed E-state index contributed by atoms with van der Waals surface area (Å²) in [5, 5.41) is 9.35. The first kappa shape index (κ1) is 21.9. The normalized spacial score (nSPS) is 15.4. The van der Waals surface area contributed by atoms with E-state index in [0.717, 1.165) is 0 Å². The molecule has 1 aliphatic heterocycles. The number of amides is 1. The second-order valence-electron chi connectivity index (χ2n) is 7.39. The number of hydrogen-bond acceptors (Lipinski definition) is 8. The third-order valence-electron chi connectivity index (χ3n) is 5.33. The summed E-state index contributed by atoms with van der Waals surface area (Å²) >= 11 is 0. The molecule has 1 saturated heterocycles. The summed E-state index contributed by atoms with van der Waals surface area (Å²) in [6.07, 6.45) is 5.67. The lowest BCUT2D eigenvalue weighted by molar-refractivity contribution is 0.0498. The highest BCUT2D eigenvalue weighted by Gasteiger charge is 2.29. The zero-order chi connectivity index (χ0) is 23.2. The van der Waals surface area contributed by atoms with Crippen LogP contribution in [0.1, 0.15) is 39.1 Å². The lowest BCUT2D eigenvalue weighted by atomic mass is 10.0. The fourth-order valence-electron chi connectivity index (χ4n) is 3.77. The van der Waals surface area contributed by atoms with Gasteiger partial charge in [-0.1, -0.05) is 18.2 Å². The van der Waals surface area contributed by atoms with E-state index in [-0.39, 0.29) is 22.9 Å². The molecule has 3 aromatic rings. The number of aromatic nitrogens is 3. The molecule has 0 N–H and O–H groups in total. The van der Waals surface area contributed by atoms with Crippen LogP contribution in [-0.2, 0) is 4.74 Å². The summed E-state index contributed by atoms with van der Waals surface area (Å²) in [4.78, 5) is 40.0. The summed E-state index contributed by atoms with van der Waals surface area (Å²) in [5.74, 6) is -0.349. The molecule has 0 saturated carbocycles. The molecule has 0 radical (unpaired) electrons. The quantitative estimate of drug-likeness (QED) is 0.552. The Hall–Kier alpha value is -4.32. The Labute approximate surface area is 190 Å². The molecule has 1 aromatic carbocycles. The predicted octanol–water partition coefficient (Wildman–Crippen LogP) is 2.88. The summed E-state index contributed by atoms with van der Waals surface area (Å²) in [5.41, 5.74) is 1.26. The summed E-state index contributed by atoms with van der Waals surface area (Å²) < 4.78 is 10.8. The number of nitriles is 1. The van der Waals surface area contributed by atoms with Crippen molar-refractivity contribution in [3.8, 4) is 23.3 Å². The maximum absolute atomic E-state index is 13.4. The second kappa shape index (κ2) is 9.87. The fourth-order valence-corrected chi connectivity index (χ4v) is 3.77. The highest BCUT2D eigenvalue weighted by molar-refractivity contribution is 6.00. The van der Waals surface area contributed by atoms with Crippen molar-refractivity contribution < 1.29 is 19.1 Å². The standard InChI is InChI=1S/C24H21N5O4/c1-32-24(31)20-16(14-25)9-12-28-22(20)33-17-6-4-13-29(15-17)23(30)19-8-3-2-7-18(19)21-26-10-5-11-27-21/h2-3,5,7-12,17H,4,6,13,15H2,1H3/t17-/m1/s1. The first-order chi connectivity index (χ1) is 16.1. The molecule has 1 aliphatic rings. The number of pyridine rings is 1. The SMILES string of the molecule is COC(=O)c1c(C#N)ccnc1O[C@@H]1CCCN(C(=O)c2ccccc2-c2ncccn2)C1. The van der Waals surface area contributed by atoms with Crippen LogP contribution in [0.5, 0.6) is 5.88 Å². The Kier molecular flexibility index (Phi) is 6.55. The largest absolute Gasteiger partial charge is 0.472 e. The molecular weight excluding hydrogens is 422 g/mol. The molecule has 3 heterocycles. The minimum Gasteiger partial charge on any atom is -0.472 e. The van der Waals surface area contributed by atoms with E-state index in [1.807, 2.05) is 18.2 Å². The van der Waals surface area contributed by atoms with Crippen LogP contribution >= 0.6 is 0 Å². The van der Waals surface area contributed by atoms with Crippen LogP contribution in [0.15, 0.2) is 55.0 Å². The van der Waals surface area contributed by atoms with Gasteiger partial charge in [-0.2, -0.15) is 5.26 Å². The number of ether oxygens (including phenoxy) is 2. The van der Waals surface area contributed by atoms with Gasteiger partial charge in [0.05, 0.1) is 24.8 Å². The van der Waals surface area contributed by atoms with Crippen LogP contribution in [0.2, 0.25) is 0 Å². The molecule has 9 heteroatoms. The Morgan fingerprint density at radius 3 is 2.64 bits per heavy atom. The third-order valence-corrected chi connectivity index (χ3v) is 5.33. The molecule has 1 fully saturated rings. The minimum atomic E-state index is -0.699. The van der Waals surface area contributed by atoms with Crippen LogP contribution in [0, 0.1) is 11.3 Å². The zero-order valence-corrected chi connectivity index (χ0v) is 18.0. The van der Waals surface area contributed by atoms with Gasteiger partial charge in [-0.05, 0) is 31.0 Å². The molecule has 1 amide bonds. The number of carbonyl (C=O) groups is 2. The monoisotopic (exact) mass is 443 g/mol. The number of methoxy groups -OCH3 is 1. The highest BCUT2D eigenvalue weighted by Crippen LogP contribution is 2.26. The van der Waals surface area contributed by atoms with Crippen molar-refractivity contribution in [1.29, 1.82) is 5.26 Å². The zero-order valence-electron chi connectivity index (χ0n) is 18.0. The predicted molar refractivity (Wildman–Crippen MR) is 117 cm³/mol. The number of nitrogens with zero attached hydrogens (tertiary/aromatic N) is 5. The summed E-state index contributed by atoms with van der Waals surface area (Å²) in [7, 11) is 1.23. The Morgan fingerprint density at radius 2 is 1.88 bits per heavy atom. The molecule has 0 bridgehead atoms. The van der Waals surface area contributed by atoms with E-state index in [0.29, 0.717) is 42.9 Å². The molecule has 166 valence electrons. The average molecular weight is 443 g/mol. The van der Waals surface area contributed by atoms with Crippen molar-refractivity contribution in [3.63, 3.8) is 0 Å². The third kappa shape index (κ3) is 4.65. The Morgan fingerprint density at radius 1 is 1.09 bits per heavy atom. The summed E-state index contributed by atoms with van der Waals surface area (Å²) in [6, 6.07) is 12.3. The van der Waals surface area contributed by atoms with E-state index in [9.17, 15) is 14.9 Å².